The Bertz CT molecular complexity index is 1920. The molecule has 1 fully saturated rings. The van der Waals surface area contributed by atoms with Crippen LogP contribution >= 0.6 is 11.6 Å². The number of aryl methyl sites for hydroxylation is 3. The van der Waals surface area contributed by atoms with Crippen molar-refractivity contribution in [3.8, 4) is 5.75 Å². The number of rotatable bonds is 5. The lowest BCUT2D eigenvalue weighted by Crippen LogP contribution is -2.49. The van der Waals surface area contributed by atoms with Crippen molar-refractivity contribution in [2.24, 2.45) is 23.2 Å². The standard InChI is InChI=1S/C38H46ClN5O5S/c1-43-19-18-40-35(43)15-16-36(45)41-50(47)20-5-3-4-8-33(48-2)30-12-9-28(30)23-44-24-38(17-6-7-26-21-29(39)11-13-31(26)38)25-49-34-14-10-27(22-32(34)44)37(46)42-50/h4,8,10-11,13-14,18-19,21-22,28,30,33H,3,5-7,9,12,15-17,20,23-25H2,1-2H3,(H,41,42,45,46,47)/b8-4-/t28-,30+,33-,38-,50?/m0/s1. The molecule has 1 aromatic heterocycles. The maximum Gasteiger partial charge on any atom is 0.286 e. The average molecular weight is 720 g/mol. The highest BCUT2D eigenvalue weighted by Crippen LogP contribution is 2.47. The smallest absolute Gasteiger partial charge is 0.286 e. The quantitative estimate of drug-likeness (QED) is 0.312. The number of benzene rings is 2. The Morgan fingerprint density at radius 1 is 1.20 bits per heavy atom. The molecule has 7 rings (SSSR count). The molecule has 4 aliphatic rings. The lowest BCUT2D eigenvalue weighted by molar-refractivity contribution is -0.119. The first-order valence-corrected chi connectivity index (χ1v) is 19.8. The summed E-state index contributed by atoms with van der Waals surface area (Å²) in [5.74, 6) is 1.20. The summed E-state index contributed by atoms with van der Waals surface area (Å²) in [6.45, 7) is 2.03. The molecule has 2 bridgehead atoms. The molecule has 1 saturated carbocycles. The zero-order valence-electron chi connectivity index (χ0n) is 28.8. The summed E-state index contributed by atoms with van der Waals surface area (Å²) >= 11 is 6.45. The fraction of sp³-hybridized carbons (Fsp3) is 0.500. The Balaban J connectivity index is 1.24. The number of nitrogens with zero attached hydrogens (tertiary/aromatic N) is 4. The number of halogens is 1. The number of nitrogens with one attached hydrogen (secondary N) is 1. The SMILES string of the molecule is CO[C@H]1/C=C\CCCS(=O)(NC(=O)CCc2nccn2C)=NC(=O)c2ccc3c(c2)N(C[C@@H]2CC[C@H]21)C[C@@]1(CCCc2cc(Cl)ccc21)CO3. The summed E-state index contributed by atoms with van der Waals surface area (Å²) in [6.07, 6.45) is 14.4. The summed E-state index contributed by atoms with van der Waals surface area (Å²) in [7, 11) is 0.209. The van der Waals surface area contributed by atoms with Crippen molar-refractivity contribution in [3.63, 3.8) is 0 Å². The van der Waals surface area contributed by atoms with Crippen molar-refractivity contribution in [2.45, 2.75) is 69.3 Å². The van der Waals surface area contributed by atoms with Crippen LogP contribution in [0.15, 0.2) is 65.3 Å². The van der Waals surface area contributed by atoms with Crippen LogP contribution in [0.1, 0.15) is 72.3 Å². The first-order chi connectivity index (χ1) is 24.1. The zero-order valence-corrected chi connectivity index (χ0v) is 30.4. The monoisotopic (exact) mass is 719 g/mol. The van der Waals surface area contributed by atoms with Crippen molar-refractivity contribution in [2.75, 3.05) is 37.5 Å². The Hall–Kier alpha value is -3.67. The zero-order chi connectivity index (χ0) is 34.9. The van der Waals surface area contributed by atoms with E-state index in [1.54, 1.807) is 19.4 Å². The van der Waals surface area contributed by atoms with Gasteiger partial charge >= 0.3 is 0 Å². The summed E-state index contributed by atoms with van der Waals surface area (Å²) in [5, 5.41) is 0.743. The molecular weight excluding hydrogens is 674 g/mol. The number of carbonyl (C=O) groups excluding carboxylic acids is 2. The minimum Gasteiger partial charge on any atom is -0.490 e. The number of imidazole rings is 1. The van der Waals surface area contributed by atoms with Crippen molar-refractivity contribution in [1.82, 2.24) is 14.3 Å². The van der Waals surface area contributed by atoms with Crippen LogP contribution in [0, 0.1) is 11.8 Å². The van der Waals surface area contributed by atoms with Crippen molar-refractivity contribution < 1.29 is 23.3 Å². The van der Waals surface area contributed by atoms with E-state index < -0.39 is 21.7 Å². The molecule has 2 aromatic carbocycles. The highest BCUT2D eigenvalue weighted by atomic mass is 35.5. The van der Waals surface area contributed by atoms with E-state index in [1.165, 1.54) is 11.1 Å². The fourth-order valence-corrected chi connectivity index (χ4v) is 10.0. The molecule has 0 saturated heterocycles. The fourth-order valence-electron chi connectivity index (χ4n) is 8.21. The maximum absolute atomic E-state index is 14.3. The lowest BCUT2D eigenvalue weighted by atomic mass is 9.68. The third-order valence-electron chi connectivity index (χ3n) is 11.0. The number of ether oxygens (including phenoxy) is 2. The van der Waals surface area contributed by atoms with E-state index >= 15 is 0 Å². The number of hydrogen-bond donors (Lipinski definition) is 1. The van der Waals surface area contributed by atoms with Gasteiger partial charge in [0.2, 0.25) is 5.91 Å². The van der Waals surface area contributed by atoms with Gasteiger partial charge in [-0.25, -0.2) is 9.19 Å². The van der Waals surface area contributed by atoms with Gasteiger partial charge in [0, 0.05) is 68.5 Å². The lowest BCUT2D eigenvalue weighted by Gasteiger charge is -2.46. The van der Waals surface area contributed by atoms with Crippen LogP contribution in [0.25, 0.3) is 0 Å². The molecule has 2 aliphatic heterocycles. The predicted molar refractivity (Wildman–Crippen MR) is 195 cm³/mol. The van der Waals surface area contributed by atoms with Gasteiger partial charge in [0.15, 0.2) is 0 Å². The highest BCUT2D eigenvalue weighted by molar-refractivity contribution is 7.92. The van der Waals surface area contributed by atoms with Gasteiger partial charge in [-0.1, -0.05) is 29.8 Å². The molecule has 1 N–H and O–H groups in total. The number of amides is 2. The van der Waals surface area contributed by atoms with E-state index in [4.69, 9.17) is 21.1 Å². The number of allylic oxidation sites excluding steroid dienone is 1. The Kier molecular flexibility index (Phi) is 10.1. The second-order valence-corrected chi connectivity index (χ2v) is 16.8. The van der Waals surface area contributed by atoms with E-state index in [0.717, 1.165) is 61.7 Å². The van der Waals surface area contributed by atoms with Crippen molar-refractivity contribution in [1.29, 1.82) is 0 Å². The Morgan fingerprint density at radius 2 is 2.08 bits per heavy atom. The summed E-state index contributed by atoms with van der Waals surface area (Å²) in [6, 6.07) is 11.6. The number of carbonyl (C=O) groups is 2. The maximum atomic E-state index is 14.3. The van der Waals surface area contributed by atoms with E-state index in [9.17, 15) is 13.8 Å². The molecule has 3 heterocycles. The minimum atomic E-state index is -3.42. The molecule has 2 aliphatic carbocycles. The van der Waals surface area contributed by atoms with Crippen LogP contribution in [0.5, 0.6) is 5.75 Å². The molecule has 50 heavy (non-hydrogen) atoms. The third-order valence-corrected chi connectivity index (χ3v) is 13.1. The van der Waals surface area contributed by atoms with E-state index in [2.05, 4.69) is 43.3 Å². The number of anilines is 1. The van der Waals surface area contributed by atoms with Gasteiger partial charge in [-0.15, -0.1) is 4.36 Å². The van der Waals surface area contributed by atoms with Crippen LogP contribution in [0.3, 0.4) is 0 Å². The molecule has 1 unspecified atom stereocenters. The van der Waals surface area contributed by atoms with Gasteiger partial charge in [-0.2, -0.15) is 0 Å². The van der Waals surface area contributed by atoms with E-state index in [1.807, 2.05) is 36.0 Å². The Morgan fingerprint density at radius 3 is 2.86 bits per heavy atom. The molecule has 5 atom stereocenters. The van der Waals surface area contributed by atoms with Crippen LogP contribution < -0.4 is 14.4 Å². The van der Waals surface area contributed by atoms with Crippen molar-refractivity contribution >= 4 is 39.0 Å². The molecule has 10 nitrogen and oxygen atoms in total. The third kappa shape index (κ3) is 7.22. The largest absolute Gasteiger partial charge is 0.490 e. The molecule has 12 heteroatoms. The number of hydrogen-bond acceptors (Lipinski definition) is 7. The van der Waals surface area contributed by atoms with Gasteiger partial charge in [0.25, 0.3) is 5.91 Å². The summed E-state index contributed by atoms with van der Waals surface area (Å²) in [5.41, 5.74) is 3.44. The van der Waals surface area contributed by atoms with Gasteiger partial charge in [-0.05, 0) is 98.2 Å². The van der Waals surface area contributed by atoms with E-state index in [0.29, 0.717) is 49.0 Å². The van der Waals surface area contributed by atoms with Crippen LogP contribution in [-0.4, -0.2) is 64.2 Å². The minimum absolute atomic E-state index is 0.0383. The number of methoxy groups -OCH3 is 1. The topological polar surface area (TPSA) is 115 Å². The summed E-state index contributed by atoms with van der Waals surface area (Å²) < 4.78 is 35.6. The second-order valence-electron chi connectivity index (χ2n) is 14.3. The summed E-state index contributed by atoms with van der Waals surface area (Å²) in [4.78, 5) is 33.6. The average Bonchev–Trinajstić information content (AvgIpc) is 3.43. The molecule has 266 valence electrons. The van der Waals surface area contributed by atoms with Gasteiger partial charge in [0.1, 0.15) is 21.5 Å². The van der Waals surface area contributed by atoms with Crippen LogP contribution in [0.4, 0.5) is 5.69 Å². The molecule has 0 radical (unpaired) electrons. The number of aromatic nitrogens is 2. The molecule has 2 amide bonds. The normalized spacial score (nSPS) is 28.7. The van der Waals surface area contributed by atoms with Crippen LogP contribution in [0.2, 0.25) is 5.02 Å². The van der Waals surface area contributed by atoms with Gasteiger partial charge in [0.05, 0.1) is 24.2 Å². The predicted octanol–water partition coefficient (Wildman–Crippen LogP) is 6.21. The van der Waals surface area contributed by atoms with Crippen LogP contribution in [-0.2, 0) is 44.8 Å². The van der Waals surface area contributed by atoms with E-state index in [-0.39, 0.29) is 23.7 Å². The second kappa shape index (κ2) is 14.5. The Labute approximate surface area is 299 Å². The van der Waals surface area contributed by atoms with Gasteiger partial charge in [-0.3, -0.25) is 14.3 Å². The molecule has 3 aromatic rings. The number of fused-ring (bicyclic) bond motifs is 4. The first kappa shape index (κ1) is 34.8. The van der Waals surface area contributed by atoms with Gasteiger partial charge < -0.3 is 18.9 Å². The van der Waals surface area contributed by atoms with Crippen molar-refractivity contribution in [3.05, 3.63) is 88.5 Å². The molecular formula is C38H46ClN5O5S. The first-order valence-electron chi connectivity index (χ1n) is 17.7. The molecule has 1 spiro atoms. The highest BCUT2D eigenvalue weighted by Gasteiger charge is 2.44.